The Morgan fingerprint density at radius 3 is 2.75 bits per heavy atom. The second kappa shape index (κ2) is 12.4. The molecule has 1 unspecified atom stereocenters. The van der Waals surface area contributed by atoms with Crippen molar-refractivity contribution in [2.75, 3.05) is 35.2 Å². The van der Waals surface area contributed by atoms with E-state index in [0.717, 1.165) is 47.9 Å². The van der Waals surface area contributed by atoms with E-state index in [1.807, 2.05) is 43.3 Å². The smallest absolute Gasteiger partial charge is 0.246 e. The minimum Gasteiger partial charge on any atom is -0.494 e. The monoisotopic (exact) mass is 492 g/mol. The van der Waals surface area contributed by atoms with Gasteiger partial charge in [0.2, 0.25) is 17.7 Å². The summed E-state index contributed by atoms with van der Waals surface area (Å²) in [5.41, 5.74) is 3.76. The molecule has 0 saturated carbocycles. The van der Waals surface area contributed by atoms with E-state index in [2.05, 4.69) is 26.9 Å². The van der Waals surface area contributed by atoms with Gasteiger partial charge in [-0.1, -0.05) is 19.4 Å². The van der Waals surface area contributed by atoms with E-state index in [1.54, 1.807) is 0 Å². The topological polar surface area (TPSA) is 99.8 Å². The second-order valence-corrected chi connectivity index (χ2v) is 9.46. The molecule has 2 heterocycles. The first-order valence-electron chi connectivity index (χ1n) is 13.0. The molecule has 192 valence electrons. The van der Waals surface area contributed by atoms with Crippen LogP contribution in [0.1, 0.15) is 57.4 Å². The molecule has 3 amide bonds. The van der Waals surface area contributed by atoms with Crippen molar-refractivity contribution in [1.29, 1.82) is 0 Å². The van der Waals surface area contributed by atoms with Crippen molar-refractivity contribution < 1.29 is 19.1 Å². The summed E-state index contributed by atoms with van der Waals surface area (Å²) in [6.07, 6.45) is 5.74. The second-order valence-electron chi connectivity index (χ2n) is 9.46. The molecule has 0 aromatic heterocycles. The fourth-order valence-corrected chi connectivity index (χ4v) is 4.68. The number of hydrogen-bond donors (Lipinski definition) is 3. The van der Waals surface area contributed by atoms with Crippen molar-refractivity contribution in [2.45, 2.75) is 64.3 Å². The Bertz CT molecular complexity index is 1080. The standard InChI is InChI=1S/C28H36N4O4/c1-2-7-25(28(35)29-21-8-5-9-22(19-21)32-15-3-4-16-32)31-26(33)10-6-17-36-23-12-13-24-20(18-23)11-14-27(34)30-24/h5,8-9,12-13,18-19,25H,2-4,6-7,10-11,14-17H2,1H3,(H,29,35)(H,30,34)(H,31,33). The zero-order valence-electron chi connectivity index (χ0n) is 21.0. The first kappa shape index (κ1) is 25.5. The summed E-state index contributed by atoms with van der Waals surface area (Å²) in [6, 6.07) is 12.9. The highest BCUT2D eigenvalue weighted by molar-refractivity contribution is 5.97. The molecule has 0 aliphatic carbocycles. The minimum atomic E-state index is -0.574. The van der Waals surface area contributed by atoms with Gasteiger partial charge < -0.3 is 25.6 Å². The average Bonchev–Trinajstić information content (AvgIpc) is 3.42. The summed E-state index contributed by atoms with van der Waals surface area (Å²) in [5.74, 6) is 0.407. The number of fused-ring (bicyclic) bond motifs is 1. The Kier molecular flexibility index (Phi) is 8.81. The minimum absolute atomic E-state index is 0.0350. The zero-order chi connectivity index (χ0) is 25.3. The molecule has 2 aliphatic heterocycles. The maximum absolute atomic E-state index is 12.9. The number of aryl methyl sites for hydroxylation is 1. The summed E-state index contributed by atoms with van der Waals surface area (Å²) in [5, 5.41) is 8.73. The Morgan fingerprint density at radius 1 is 1.11 bits per heavy atom. The molecule has 1 fully saturated rings. The van der Waals surface area contributed by atoms with Gasteiger partial charge in [-0.25, -0.2) is 0 Å². The number of ether oxygens (including phenoxy) is 1. The van der Waals surface area contributed by atoms with Gasteiger partial charge in [0.05, 0.1) is 6.61 Å². The highest BCUT2D eigenvalue weighted by Gasteiger charge is 2.21. The van der Waals surface area contributed by atoms with Crippen LogP contribution in [0.2, 0.25) is 0 Å². The summed E-state index contributed by atoms with van der Waals surface area (Å²) >= 11 is 0. The van der Waals surface area contributed by atoms with E-state index < -0.39 is 6.04 Å². The summed E-state index contributed by atoms with van der Waals surface area (Å²) in [7, 11) is 0. The lowest BCUT2D eigenvalue weighted by molar-refractivity contribution is -0.126. The predicted molar refractivity (Wildman–Crippen MR) is 141 cm³/mol. The number of amides is 3. The van der Waals surface area contributed by atoms with Gasteiger partial charge in [-0.15, -0.1) is 0 Å². The lowest BCUT2D eigenvalue weighted by Gasteiger charge is -2.20. The Labute approximate surface area is 212 Å². The van der Waals surface area contributed by atoms with Crippen LogP contribution in [0.3, 0.4) is 0 Å². The summed E-state index contributed by atoms with van der Waals surface area (Å²) in [4.78, 5) is 39.3. The third-order valence-corrected chi connectivity index (χ3v) is 6.60. The Hall–Kier alpha value is -3.55. The van der Waals surface area contributed by atoms with E-state index in [9.17, 15) is 14.4 Å². The molecule has 2 aromatic carbocycles. The molecular weight excluding hydrogens is 456 g/mol. The molecule has 4 rings (SSSR count). The molecule has 1 saturated heterocycles. The van der Waals surface area contributed by atoms with E-state index in [4.69, 9.17) is 4.74 Å². The van der Waals surface area contributed by atoms with Crippen LogP contribution >= 0.6 is 0 Å². The third-order valence-electron chi connectivity index (χ3n) is 6.60. The van der Waals surface area contributed by atoms with Gasteiger partial charge in [0, 0.05) is 43.0 Å². The van der Waals surface area contributed by atoms with Crippen molar-refractivity contribution in [3.8, 4) is 5.75 Å². The van der Waals surface area contributed by atoms with Crippen LogP contribution < -0.4 is 25.6 Å². The number of benzene rings is 2. The molecule has 2 aromatic rings. The van der Waals surface area contributed by atoms with Crippen LogP contribution in [0, 0.1) is 0 Å². The number of rotatable bonds is 11. The van der Waals surface area contributed by atoms with Crippen molar-refractivity contribution in [2.24, 2.45) is 0 Å². The SMILES string of the molecule is CCCC(NC(=O)CCCOc1ccc2c(c1)CCC(=O)N2)C(=O)Nc1cccc(N2CCCC2)c1. The van der Waals surface area contributed by atoms with E-state index in [0.29, 0.717) is 32.3 Å². The van der Waals surface area contributed by atoms with Gasteiger partial charge in [-0.05, 0) is 74.1 Å². The number of anilines is 3. The van der Waals surface area contributed by atoms with Crippen LogP contribution in [0.15, 0.2) is 42.5 Å². The number of hydrogen-bond acceptors (Lipinski definition) is 5. The number of nitrogens with zero attached hydrogens (tertiary/aromatic N) is 1. The molecule has 3 N–H and O–H groups in total. The molecule has 0 bridgehead atoms. The average molecular weight is 493 g/mol. The normalized spacial score (nSPS) is 15.6. The van der Waals surface area contributed by atoms with Crippen LogP contribution in [0.4, 0.5) is 17.1 Å². The number of carbonyl (C=O) groups is 3. The van der Waals surface area contributed by atoms with Crippen molar-refractivity contribution in [3.63, 3.8) is 0 Å². The van der Waals surface area contributed by atoms with Gasteiger partial charge in [-0.2, -0.15) is 0 Å². The fourth-order valence-electron chi connectivity index (χ4n) is 4.68. The molecule has 8 nitrogen and oxygen atoms in total. The lowest BCUT2D eigenvalue weighted by Crippen LogP contribution is -2.43. The van der Waals surface area contributed by atoms with Gasteiger partial charge in [0.25, 0.3) is 0 Å². The fraction of sp³-hybridized carbons (Fsp3) is 0.464. The van der Waals surface area contributed by atoms with Crippen LogP contribution in [-0.4, -0.2) is 43.5 Å². The molecule has 0 spiro atoms. The maximum atomic E-state index is 12.9. The van der Waals surface area contributed by atoms with Crippen LogP contribution in [0.25, 0.3) is 0 Å². The van der Waals surface area contributed by atoms with Crippen molar-refractivity contribution in [3.05, 3.63) is 48.0 Å². The van der Waals surface area contributed by atoms with Gasteiger partial charge in [0.15, 0.2) is 0 Å². The van der Waals surface area contributed by atoms with Crippen LogP contribution in [-0.2, 0) is 20.8 Å². The molecule has 36 heavy (non-hydrogen) atoms. The van der Waals surface area contributed by atoms with E-state index in [-0.39, 0.29) is 24.1 Å². The van der Waals surface area contributed by atoms with E-state index in [1.165, 1.54) is 12.8 Å². The molecule has 2 aliphatic rings. The Balaban J connectivity index is 1.22. The highest BCUT2D eigenvalue weighted by atomic mass is 16.5. The maximum Gasteiger partial charge on any atom is 0.246 e. The van der Waals surface area contributed by atoms with Crippen LogP contribution in [0.5, 0.6) is 5.75 Å². The third kappa shape index (κ3) is 6.99. The lowest BCUT2D eigenvalue weighted by atomic mass is 10.0. The van der Waals surface area contributed by atoms with Crippen molar-refractivity contribution >= 4 is 34.8 Å². The number of carbonyl (C=O) groups excluding carboxylic acids is 3. The predicted octanol–water partition coefficient (Wildman–Crippen LogP) is 4.25. The summed E-state index contributed by atoms with van der Waals surface area (Å²) < 4.78 is 5.81. The van der Waals surface area contributed by atoms with Gasteiger partial charge >= 0.3 is 0 Å². The quantitative estimate of drug-likeness (QED) is 0.407. The molecular formula is C28H36N4O4. The highest BCUT2D eigenvalue weighted by Crippen LogP contribution is 2.27. The molecule has 0 radical (unpaired) electrons. The largest absolute Gasteiger partial charge is 0.494 e. The molecule has 1 atom stereocenters. The Morgan fingerprint density at radius 2 is 1.94 bits per heavy atom. The first-order chi connectivity index (χ1) is 17.5. The van der Waals surface area contributed by atoms with Gasteiger partial charge in [0.1, 0.15) is 11.8 Å². The first-order valence-corrected chi connectivity index (χ1v) is 13.0. The summed E-state index contributed by atoms with van der Waals surface area (Å²) in [6.45, 7) is 4.48. The number of nitrogens with one attached hydrogen (secondary N) is 3. The van der Waals surface area contributed by atoms with Gasteiger partial charge in [-0.3, -0.25) is 14.4 Å². The van der Waals surface area contributed by atoms with Crippen molar-refractivity contribution in [1.82, 2.24) is 5.32 Å². The molecule has 8 heteroatoms. The van der Waals surface area contributed by atoms with E-state index >= 15 is 0 Å². The zero-order valence-corrected chi connectivity index (χ0v) is 21.0.